The third kappa shape index (κ3) is 3.97. The molecule has 0 spiro atoms. The molecule has 30 heavy (non-hydrogen) atoms. The van der Waals surface area contributed by atoms with Crippen LogP contribution in [0.4, 0.5) is 13.2 Å². The SMILES string of the molecule is Cc1nc(C(=O)N(C2CC2)C(C)c2ccc(-c3ccccc3)cc2)c(C(F)(F)F)o1. The molecule has 1 saturated carbocycles. The van der Waals surface area contributed by atoms with E-state index in [4.69, 9.17) is 4.42 Å². The number of nitrogens with zero attached hydrogens (tertiary/aromatic N) is 2. The Balaban J connectivity index is 1.63. The van der Waals surface area contributed by atoms with Crippen LogP contribution in [0.1, 0.15) is 53.5 Å². The Bertz CT molecular complexity index is 1040. The highest BCUT2D eigenvalue weighted by Crippen LogP contribution is 2.39. The molecule has 1 aromatic heterocycles. The lowest BCUT2D eigenvalue weighted by atomic mass is 10.0. The largest absolute Gasteiger partial charge is 0.452 e. The Labute approximate surface area is 172 Å². The maximum atomic E-state index is 13.3. The molecule has 7 heteroatoms. The topological polar surface area (TPSA) is 46.3 Å². The van der Waals surface area contributed by atoms with Gasteiger partial charge in [0.15, 0.2) is 11.6 Å². The monoisotopic (exact) mass is 414 g/mol. The number of amides is 1. The van der Waals surface area contributed by atoms with Crippen LogP contribution in [0.15, 0.2) is 59.0 Å². The molecule has 1 atom stereocenters. The van der Waals surface area contributed by atoms with Gasteiger partial charge in [0.2, 0.25) is 5.76 Å². The molecule has 156 valence electrons. The van der Waals surface area contributed by atoms with Crippen molar-refractivity contribution < 1.29 is 22.4 Å². The van der Waals surface area contributed by atoms with Gasteiger partial charge in [-0.1, -0.05) is 54.6 Å². The number of aromatic nitrogens is 1. The summed E-state index contributed by atoms with van der Waals surface area (Å²) in [4.78, 5) is 18.4. The van der Waals surface area contributed by atoms with E-state index in [0.717, 1.165) is 29.5 Å². The molecule has 2 aromatic carbocycles. The average Bonchev–Trinajstić information content (AvgIpc) is 3.47. The molecule has 1 unspecified atom stereocenters. The summed E-state index contributed by atoms with van der Waals surface area (Å²) in [5.41, 5.74) is 2.28. The lowest BCUT2D eigenvalue weighted by molar-refractivity contribution is -0.153. The van der Waals surface area contributed by atoms with E-state index in [-0.39, 0.29) is 11.9 Å². The third-order valence-electron chi connectivity index (χ3n) is 5.29. The minimum absolute atomic E-state index is 0.0978. The summed E-state index contributed by atoms with van der Waals surface area (Å²) in [6.07, 6.45) is -3.26. The van der Waals surface area contributed by atoms with E-state index in [1.54, 1.807) is 0 Å². The number of rotatable bonds is 5. The second-order valence-electron chi connectivity index (χ2n) is 7.52. The second kappa shape index (κ2) is 7.63. The maximum absolute atomic E-state index is 13.3. The first-order valence-electron chi connectivity index (χ1n) is 9.78. The predicted octanol–water partition coefficient (Wildman–Crippen LogP) is 6.03. The number of hydrogen-bond acceptors (Lipinski definition) is 3. The summed E-state index contributed by atoms with van der Waals surface area (Å²) >= 11 is 0. The van der Waals surface area contributed by atoms with E-state index in [1.807, 2.05) is 61.5 Å². The lowest BCUT2D eigenvalue weighted by Crippen LogP contribution is -2.36. The van der Waals surface area contributed by atoms with Crippen LogP contribution in [-0.4, -0.2) is 21.8 Å². The standard InChI is InChI=1S/C23H21F3N2O2/c1-14(16-8-10-18(11-9-16)17-6-4-3-5-7-17)28(19-12-13-19)22(29)20-21(23(24,25)26)30-15(2)27-20/h3-11,14,19H,12-13H2,1-2H3. The van der Waals surface area contributed by atoms with Gasteiger partial charge in [-0.2, -0.15) is 13.2 Å². The van der Waals surface area contributed by atoms with Gasteiger partial charge in [-0.3, -0.25) is 4.79 Å². The fraction of sp³-hybridized carbons (Fsp3) is 0.304. The quantitative estimate of drug-likeness (QED) is 0.512. The van der Waals surface area contributed by atoms with E-state index in [0.29, 0.717) is 0 Å². The van der Waals surface area contributed by atoms with Crippen molar-refractivity contribution in [1.29, 1.82) is 0 Å². The van der Waals surface area contributed by atoms with Crippen LogP contribution in [-0.2, 0) is 6.18 Å². The van der Waals surface area contributed by atoms with Gasteiger partial charge in [0, 0.05) is 13.0 Å². The minimum atomic E-state index is -4.78. The highest BCUT2D eigenvalue weighted by molar-refractivity contribution is 5.94. The molecule has 4 nitrogen and oxygen atoms in total. The van der Waals surface area contributed by atoms with Crippen LogP contribution in [0.3, 0.4) is 0 Å². The Morgan fingerprint density at radius 1 is 1.07 bits per heavy atom. The van der Waals surface area contributed by atoms with Crippen molar-refractivity contribution in [1.82, 2.24) is 9.88 Å². The first-order valence-corrected chi connectivity index (χ1v) is 9.78. The lowest BCUT2D eigenvalue weighted by Gasteiger charge is -2.29. The van der Waals surface area contributed by atoms with Gasteiger partial charge in [-0.05, 0) is 36.5 Å². The number of aryl methyl sites for hydroxylation is 1. The molecular formula is C23H21F3N2O2. The summed E-state index contributed by atoms with van der Waals surface area (Å²) in [7, 11) is 0. The van der Waals surface area contributed by atoms with Crippen molar-refractivity contribution >= 4 is 5.91 Å². The van der Waals surface area contributed by atoms with Gasteiger partial charge in [-0.25, -0.2) is 4.98 Å². The molecule has 3 aromatic rings. The van der Waals surface area contributed by atoms with Crippen molar-refractivity contribution in [2.45, 2.75) is 44.9 Å². The van der Waals surface area contributed by atoms with Crippen molar-refractivity contribution in [2.75, 3.05) is 0 Å². The highest BCUT2D eigenvalue weighted by atomic mass is 19.4. The average molecular weight is 414 g/mol. The van der Waals surface area contributed by atoms with E-state index in [9.17, 15) is 18.0 Å². The van der Waals surface area contributed by atoms with E-state index in [1.165, 1.54) is 11.8 Å². The van der Waals surface area contributed by atoms with Gasteiger partial charge in [0.25, 0.3) is 5.91 Å². The van der Waals surface area contributed by atoms with Crippen molar-refractivity contribution in [2.24, 2.45) is 0 Å². The van der Waals surface area contributed by atoms with Crippen LogP contribution < -0.4 is 0 Å². The predicted molar refractivity (Wildman–Crippen MR) is 106 cm³/mol. The molecule has 0 N–H and O–H groups in total. The summed E-state index contributed by atoms with van der Waals surface area (Å²) in [6, 6.07) is 17.1. The highest BCUT2D eigenvalue weighted by Gasteiger charge is 2.45. The third-order valence-corrected chi connectivity index (χ3v) is 5.29. The fourth-order valence-electron chi connectivity index (χ4n) is 3.64. The Morgan fingerprint density at radius 3 is 2.23 bits per heavy atom. The van der Waals surface area contributed by atoms with Gasteiger partial charge in [0.05, 0.1) is 6.04 Å². The van der Waals surface area contributed by atoms with Crippen LogP contribution in [0.2, 0.25) is 0 Å². The molecule has 0 aliphatic heterocycles. The number of hydrogen-bond donors (Lipinski definition) is 0. The maximum Gasteiger partial charge on any atom is 0.452 e. The number of carbonyl (C=O) groups is 1. The smallest absolute Gasteiger partial charge is 0.436 e. The Hall–Kier alpha value is -3.09. The van der Waals surface area contributed by atoms with Crippen LogP contribution >= 0.6 is 0 Å². The molecule has 0 radical (unpaired) electrons. The summed E-state index contributed by atoms with van der Waals surface area (Å²) in [6.45, 7) is 3.13. The van der Waals surface area contributed by atoms with Crippen LogP contribution in [0, 0.1) is 6.92 Å². The molecule has 1 aliphatic rings. The van der Waals surface area contributed by atoms with E-state index in [2.05, 4.69) is 4.98 Å². The van der Waals surface area contributed by atoms with Gasteiger partial charge < -0.3 is 9.32 Å². The van der Waals surface area contributed by atoms with Crippen molar-refractivity contribution in [3.8, 4) is 11.1 Å². The summed E-state index contributed by atoms with van der Waals surface area (Å²) in [5, 5.41) is 0. The molecule has 4 rings (SSSR count). The van der Waals surface area contributed by atoms with Crippen molar-refractivity contribution in [3.05, 3.63) is 77.5 Å². The molecule has 1 heterocycles. The van der Waals surface area contributed by atoms with Gasteiger partial charge >= 0.3 is 6.18 Å². The summed E-state index contributed by atoms with van der Waals surface area (Å²) < 4.78 is 44.7. The fourth-order valence-corrected chi connectivity index (χ4v) is 3.64. The molecule has 1 amide bonds. The zero-order chi connectivity index (χ0) is 21.5. The van der Waals surface area contributed by atoms with E-state index >= 15 is 0 Å². The van der Waals surface area contributed by atoms with Crippen LogP contribution in [0.5, 0.6) is 0 Å². The molecule has 1 aliphatic carbocycles. The Morgan fingerprint density at radius 2 is 1.67 bits per heavy atom. The van der Waals surface area contributed by atoms with Gasteiger partial charge in [-0.15, -0.1) is 0 Å². The normalized spacial score (nSPS) is 15.1. The molecule has 1 fully saturated rings. The number of benzene rings is 2. The zero-order valence-corrected chi connectivity index (χ0v) is 16.6. The van der Waals surface area contributed by atoms with Gasteiger partial charge in [0.1, 0.15) is 0 Å². The van der Waals surface area contributed by atoms with Crippen LogP contribution in [0.25, 0.3) is 11.1 Å². The zero-order valence-electron chi connectivity index (χ0n) is 16.6. The Kier molecular flexibility index (Phi) is 5.13. The first-order chi connectivity index (χ1) is 14.3. The minimum Gasteiger partial charge on any atom is -0.436 e. The van der Waals surface area contributed by atoms with Crippen molar-refractivity contribution in [3.63, 3.8) is 0 Å². The number of halogens is 3. The molecule has 0 bridgehead atoms. The molecular weight excluding hydrogens is 393 g/mol. The number of carbonyl (C=O) groups excluding carboxylic acids is 1. The second-order valence-corrected chi connectivity index (χ2v) is 7.52. The summed E-state index contributed by atoms with van der Waals surface area (Å²) in [5.74, 6) is -2.26. The first kappa shape index (κ1) is 20.2. The number of oxazole rings is 1. The van der Waals surface area contributed by atoms with E-state index < -0.39 is 29.6 Å². The number of alkyl halides is 3. The molecule has 0 saturated heterocycles.